The highest BCUT2D eigenvalue weighted by atomic mass is 32.2. The summed E-state index contributed by atoms with van der Waals surface area (Å²) in [6.45, 7) is 3.64. The minimum absolute atomic E-state index is 0.173. The van der Waals surface area contributed by atoms with Crippen LogP contribution in [0.15, 0.2) is 59.5 Å². The molecular formula is C18H22N2O3S. The van der Waals surface area contributed by atoms with Gasteiger partial charge in [-0.3, -0.25) is 4.79 Å². The third kappa shape index (κ3) is 4.43. The number of hydrogen-bond donors (Lipinski definition) is 1. The molecular weight excluding hydrogens is 324 g/mol. The lowest BCUT2D eigenvalue weighted by atomic mass is 10.1. The van der Waals surface area contributed by atoms with E-state index in [4.69, 9.17) is 0 Å². The lowest BCUT2D eigenvalue weighted by Crippen LogP contribution is -2.39. The van der Waals surface area contributed by atoms with Gasteiger partial charge in [0.1, 0.15) is 0 Å². The molecule has 0 aliphatic carbocycles. The molecule has 0 saturated carbocycles. The highest BCUT2D eigenvalue weighted by Gasteiger charge is 2.23. The number of amides is 1. The summed E-state index contributed by atoms with van der Waals surface area (Å²) in [4.78, 5) is 12.3. The van der Waals surface area contributed by atoms with Crippen molar-refractivity contribution in [1.82, 2.24) is 9.62 Å². The van der Waals surface area contributed by atoms with Gasteiger partial charge in [-0.25, -0.2) is 8.42 Å². The van der Waals surface area contributed by atoms with Crippen molar-refractivity contribution in [1.29, 1.82) is 0 Å². The summed E-state index contributed by atoms with van der Waals surface area (Å²) in [7, 11) is -2.27. The maximum atomic E-state index is 12.4. The summed E-state index contributed by atoms with van der Waals surface area (Å²) >= 11 is 0. The fourth-order valence-electron chi connectivity index (χ4n) is 2.29. The number of sulfonamides is 1. The first-order chi connectivity index (χ1) is 11.3. The molecule has 1 atom stereocenters. The largest absolute Gasteiger partial charge is 0.348 e. The average molecular weight is 346 g/mol. The second kappa shape index (κ2) is 7.59. The first kappa shape index (κ1) is 18.2. The minimum atomic E-state index is -3.67. The molecule has 6 heteroatoms. The summed E-state index contributed by atoms with van der Waals surface area (Å²) in [5.74, 6) is -0.343. The van der Waals surface area contributed by atoms with E-state index in [0.29, 0.717) is 0 Å². The van der Waals surface area contributed by atoms with Crippen LogP contribution in [0, 0.1) is 6.92 Å². The fraction of sp³-hybridized carbons (Fsp3) is 0.278. The summed E-state index contributed by atoms with van der Waals surface area (Å²) < 4.78 is 25.9. The van der Waals surface area contributed by atoms with E-state index >= 15 is 0 Å². The van der Waals surface area contributed by atoms with Crippen LogP contribution in [0.2, 0.25) is 0 Å². The van der Waals surface area contributed by atoms with Crippen LogP contribution in [-0.2, 0) is 14.8 Å². The van der Waals surface area contributed by atoms with Crippen LogP contribution >= 0.6 is 0 Å². The number of benzene rings is 2. The van der Waals surface area contributed by atoms with Crippen molar-refractivity contribution in [2.45, 2.75) is 24.8 Å². The van der Waals surface area contributed by atoms with Crippen molar-refractivity contribution in [2.24, 2.45) is 0 Å². The maximum absolute atomic E-state index is 12.4. The molecule has 0 aliphatic rings. The number of hydrogen-bond acceptors (Lipinski definition) is 3. The van der Waals surface area contributed by atoms with E-state index in [1.165, 1.54) is 19.2 Å². The van der Waals surface area contributed by atoms with Gasteiger partial charge in [0.2, 0.25) is 15.9 Å². The molecule has 0 spiro atoms. The normalized spacial score (nSPS) is 12.8. The number of carbonyl (C=O) groups is 1. The lowest BCUT2D eigenvalue weighted by molar-refractivity contribution is -0.121. The van der Waals surface area contributed by atoms with Crippen LogP contribution in [0.1, 0.15) is 24.1 Å². The summed E-state index contributed by atoms with van der Waals surface area (Å²) in [5.41, 5.74) is 2.12. The molecule has 2 aromatic carbocycles. The standard InChI is InChI=1S/C18H22N2O3S/c1-14-9-11-16(12-10-14)15(2)19-18(21)13-20(3)24(22,23)17-7-5-4-6-8-17/h4-12,15H,13H2,1-3H3,(H,19,21)/t15-/m1/s1. The Morgan fingerprint density at radius 2 is 1.67 bits per heavy atom. The smallest absolute Gasteiger partial charge is 0.243 e. The Bertz CT molecular complexity index is 787. The second-order valence-electron chi connectivity index (χ2n) is 5.77. The second-order valence-corrected chi connectivity index (χ2v) is 7.82. The monoisotopic (exact) mass is 346 g/mol. The molecule has 2 aromatic rings. The van der Waals surface area contributed by atoms with Crippen LogP contribution < -0.4 is 5.32 Å². The lowest BCUT2D eigenvalue weighted by Gasteiger charge is -2.19. The Hall–Kier alpha value is -2.18. The van der Waals surface area contributed by atoms with Gasteiger partial charge in [0.05, 0.1) is 17.5 Å². The third-order valence-electron chi connectivity index (χ3n) is 3.77. The summed E-state index contributed by atoms with van der Waals surface area (Å²) in [6, 6.07) is 15.7. The Labute approximate surface area is 143 Å². The quantitative estimate of drug-likeness (QED) is 0.874. The molecule has 0 bridgehead atoms. The van der Waals surface area contributed by atoms with Gasteiger partial charge < -0.3 is 5.32 Å². The predicted molar refractivity (Wildman–Crippen MR) is 94.0 cm³/mol. The third-order valence-corrected chi connectivity index (χ3v) is 5.59. The zero-order valence-corrected chi connectivity index (χ0v) is 14.9. The Balaban J connectivity index is 2.00. The maximum Gasteiger partial charge on any atom is 0.243 e. The number of nitrogens with one attached hydrogen (secondary N) is 1. The fourth-order valence-corrected chi connectivity index (χ4v) is 3.43. The molecule has 0 aliphatic heterocycles. The highest BCUT2D eigenvalue weighted by molar-refractivity contribution is 7.89. The van der Waals surface area contributed by atoms with Crippen LogP contribution in [0.3, 0.4) is 0 Å². The van der Waals surface area contributed by atoms with Crippen LogP contribution in [0.4, 0.5) is 0 Å². The molecule has 0 saturated heterocycles. The number of carbonyl (C=O) groups excluding carboxylic acids is 1. The van der Waals surface area contributed by atoms with Gasteiger partial charge in [-0.15, -0.1) is 0 Å². The van der Waals surface area contributed by atoms with Crippen LogP contribution in [-0.4, -0.2) is 32.2 Å². The highest BCUT2D eigenvalue weighted by Crippen LogP contribution is 2.15. The van der Waals surface area contributed by atoms with E-state index < -0.39 is 10.0 Å². The summed E-state index contributed by atoms with van der Waals surface area (Å²) in [6.07, 6.45) is 0. The van der Waals surface area contributed by atoms with Crippen molar-refractivity contribution < 1.29 is 13.2 Å². The van der Waals surface area contributed by atoms with Gasteiger partial charge in [0.25, 0.3) is 0 Å². The first-order valence-corrected chi connectivity index (χ1v) is 9.12. The molecule has 1 amide bonds. The van der Waals surface area contributed by atoms with Crippen molar-refractivity contribution in [3.63, 3.8) is 0 Å². The molecule has 1 N–H and O–H groups in total. The molecule has 5 nitrogen and oxygen atoms in total. The van der Waals surface area contributed by atoms with Crippen molar-refractivity contribution in [2.75, 3.05) is 13.6 Å². The van der Waals surface area contributed by atoms with E-state index in [0.717, 1.165) is 15.4 Å². The van der Waals surface area contributed by atoms with Gasteiger partial charge in [-0.1, -0.05) is 48.0 Å². The Morgan fingerprint density at radius 3 is 2.25 bits per heavy atom. The number of aryl methyl sites for hydroxylation is 1. The Morgan fingerprint density at radius 1 is 1.08 bits per heavy atom. The van der Waals surface area contributed by atoms with E-state index in [9.17, 15) is 13.2 Å². The molecule has 0 heterocycles. The van der Waals surface area contributed by atoms with Gasteiger partial charge in [0, 0.05) is 7.05 Å². The number of rotatable bonds is 6. The minimum Gasteiger partial charge on any atom is -0.348 e. The van der Waals surface area contributed by atoms with E-state index in [2.05, 4.69) is 5.32 Å². The van der Waals surface area contributed by atoms with Crippen molar-refractivity contribution in [3.05, 3.63) is 65.7 Å². The first-order valence-electron chi connectivity index (χ1n) is 7.68. The molecule has 24 heavy (non-hydrogen) atoms. The van der Waals surface area contributed by atoms with E-state index in [1.54, 1.807) is 18.2 Å². The van der Waals surface area contributed by atoms with Crippen LogP contribution in [0.5, 0.6) is 0 Å². The molecule has 0 radical (unpaired) electrons. The Kier molecular flexibility index (Phi) is 5.75. The van der Waals surface area contributed by atoms with Crippen molar-refractivity contribution >= 4 is 15.9 Å². The van der Waals surface area contributed by atoms with Crippen LogP contribution in [0.25, 0.3) is 0 Å². The average Bonchev–Trinajstić information content (AvgIpc) is 2.56. The van der Waals surface area contributed by atoms with E-state index in [1.807, 2.05) is 38.1 Å². The van der Waals surface area contributed by atoms with Gasteiger partial charge in [-0.2, -0.15) is 4.31 Å². The topological polar surface area (TPSA) is 66.5 Å². The van der Waals surface area contributed by atoms with Gasteiger partial charge in [-0.05, 0) is 31.5 Å². The van der Waals surface area contributed by atoms with Gasteiger partial charge in [0.15, 0.2) is 0 Å². The zero-order valence-electron chi connectivity index (χ0n) is 14.1. The molecule has 2 rings (SSSR count). The summed E-state index contributed by atoms with van der Waals surface area (Å²) in [5, 5.41) is 2.83. The molecule has 0 aromatic heterocycles. The molecule has 0 unspecified atom stereocenters. The molecule has 0 fully saturated rings. The predicted octanol–water partition coefficient (Wildman–Crippen LogP) is 2.49. The molecule has 128 valence electrons. The van der Waals surface area contributed by atoms with Crippen molar-refractivity contribution in [3.8, 4) is 0 Å². The van der Waals surface area contributed by atoms with Gasteiger partial charge >= 0.3 is 0 Å². The SMILES string of the molecule is Cc1ccc([C@@H](C)NC(=O)CN(C)S(=O)(=O)c2ccccc2)cc1. The zero-order chi connectivity index (χ0) is 17.7. The number of nitrogens with zero attached hydrogens (tertiary/aromatic N) is 1. The van der Waals surface area contributed by atoms with E-state index in [-0.39, 0.29) is 23.4 Å². The number of likely N-dealkylation sites (N-methyl/N-ethyl adjacent to an activating group) is 1.